The van der Waals surface area contributed by atoms with Crippen LogP contribution in [0.5, 0.6) is 5.75 Å². The summed E-state index contributed by atoms with van der Waals surface area (Å²) < 4.78 is 10.7. The quantitative estimate of drug-likeness (QED) is 0.499. The maximum Gasteiger partial charge on any atom is 0.310 e. The second kappa shape index (κ2) is 7.53. The van der Waals surface area contributed by atoms with Crippen LogP contribution in [0.4, 0.5) is 0 Å². The van der Waals surface area contributed by atoms with Gasteiger partial charge in [-0.15, -0.1) is 0 Å². The summed E-state index contributed by atoms with van der Waals surface area (Å²) >= 11 is 6.19. The number of benzene rings is 2. The summed E-state index contributed by atoms with van der Waals surface area (Å²) in [5.74, 6) is 0.334. The number of fused-ring (bicyclic) bond motifs is 1. The van der Waals surface area contributed by atoms with E-state index < -0.39 is 0 Å². The van der Waals surface area contributed by atoms with Crippen LogP contribution in [0.15, 0.2) is 48.5 Å². The van der Waals surface area contributed by atoms with E-state index in [9.17, 15) is 4.79 Å². The number of pyridine rings is 1. The third-order valence-electron chi connectivity index (χ3n) is 3.91. The highest BCUT2D eigenvalue weighted by Crippen LogP contribution is 2.23. The van der Waals surface area contributed by atoms with Crippen LogP contribution >= 0.6 is 11.6 Å². The molecule has 0 unspecified atom stereocenters. The summed E-state index contributed by atoms with van der Waals surface area (Å²) in [7, 11) is 1.58. The van der Waals surface area contributed by atoms with Gasteiger partial charge in [0.25, 0.3) is 0 Å². The molecule has 0 fully saturated rings. The summed E-state index contributed by atoms with van der Waals surface area (Å²) in [5.41, 5.74) is 3.36. The molecular formula is C20H18ClNO3. The molecular weight excluding hydrogens is 338 g/mol. The van der Waals surface area contributed by atoms with Crippen molar-refractivity contribution in [2.75, 3.05) is 7.11 Å². The fraction of sp³-hybridized carbons (Fsp3) is 0.200. The Balaban J connectivity index is 1.70. The lowest BCUT2D eigenvalue weighted by atomic mass is 10.1. The van der Waals surface area contributed by atoms with Crippen molar-refractivity contribution in [3.8, 4) is 5.75 Å². The Bertz CT molecular complexity index is 924. The lowest BCUT2D eigenvalue weighted by Gasteiger charge is -2.10. The van der Waals surface area contributed by atoms with Gasteiger partial charge in [-0.05, 0) is 25.1 Å². The van der Waals surface area contributed by atoms with E-state index in [1.807, 2.05) is 55.5 Å². The molecule has 0 saturated heterocycles. The zero-order chi connectivity index (χ0) is 17.8. The molecule has 128 valence electrons. The van der Waals surface area contributed by atoms with Gasteiger partial charge in [-0.3, -0.25) is 4.79 Å². The number of ether oxygens (including phenoxy) is 2. The SMILES string of the molecule is COc1ccc(C)cc1CC(=O)OCc1cc2ccccc2nc1Cl. The van der Waals surface area contributed by atoms with Crippen molar-refractivity contribution in [1.29, 1.82) is 0 Å². The Morgan fingerprint density at radius 2 is 1.92 bits per heavy atom. The Labute approximate surface area is 151 Å². The molecule has 5 heteroatoms. The van der Waals surface area contributed by atoms with Crippen LogP contribution in [0.1, 0.15) is 16.7 Å². The Hall–Kier alpha value is -2.59. The van der Waals surface area contributed by atoms with Gasteiger partial charge in [0.2, 0.25) is 0 Å². The van der Waals surface area contributed by atoms with Crippen LogP contribution in [-0.2, 0) is 22.6 Å². The van der Waals surface area contributed by atoms with E-state index in [1.165, 1.54) is 0 Å². The number of rotatable bonds is 5. The minimum absolute atomic E-state index is 0.0869. The molecule has 0 aliphatic heterocycles. The molecule has 0 aliphatic rings. The molecule has 0 bridgehead atoms. The smallest absolute Gasteiger partial charge is 0.310 e. The molecule has 3 rings (SSSR count). The molecule has 0 amide bonds. The van der Waals surface area contributed by atoms with E-state index in [2.05, 4.69) is 4.98 Å². The first-order chi connectivity index (χ1) is 12.1. The number of hydrogen-bond donors (Lipinski definition) is 0. The molecule has 3 aromatic rings. The maximum absolute atomic E-state index is 12.2. The van der Waals surface area contributed by atoms with E-state index in [4.69, 9.17) is 21.1 Å². The van der Waals surface area contributed by atoms with Crippen LogP contribution in [0.3, 0.4) is 0 Å². The first kappa shape index (κ1) is 17.2. The van der Waals surface area contributed by atoms with Gasteiger partial charge < -0.3 is 9.47 Å². The number of para-hydroxylation sites is 1. The topological polar surface area (TPSA) is 48.4 Å². The minimum atomic E-state index is -0.340. The van der Waals surface area contributed by atoms with Crippen LogP contribution in [0.2, 0.25) is 5.15 Å². The van der Waals surface area contributed by atoms with Crippen LogP contribution in [0.25, 0.3) is 10.9 Å². The number of nitrogens with zero attached hydrogens (tertiary/aromatic N) is 1. The van der Waals surface area contributed by atoms with Gasteiger partial charge in [0.05, 0.1) is 19.0 Å². The van der Waals surface area contributed by atoms with Crippen molar-refractivity contribution in [3.05, 3.63) is 70.4 Å². The van der Waals surface area contributed by atoms with Crippen LogP contribution in [0, 0.1) is 6.92 Å². The number of halogens is 1. The van der Waals surface area contributed by atoms with Crippen molar-refractivity contribution < 1.29 is 14.3 Å². The van der Waals surface area contributed by atoms with Gasteiger partial charge in [0.15, 0.2) is 0 Å². The third-order valence-corrected chi connectivity index (χ3v) is 4.24. The number of aryl methyl sites for hydroxylation is 1. The van der Waals surface area contributed by atoms with Crippen molar-refractivity contribution >= 4 is 28.5 Å². The predicted octanol–water partition coefficient (Wildman–Crippen LogP) is 4.49. The minimum Gasteiger partial charge on any atom is -0.496 e. The van der Waals surface area contributed by atoms with E-state index in [-0.39, 0.29) is 19.0 Å². The number of carbonyl (C=O) groups is 1. The second-order valence-electron chi connectivity index (χ2n) is 5.78. The molecule has 0 saturated carbocycles. The molecule has 0 aliphatic carbocycles. The number of carbonyl (C=O) groups excluding carboxylic acids is 1. The molecule has 1 heterocycles. The van der Waals surface area contributed by atoms with Gasteiger partial charge in [-0.2, -0.15) is 0 Å². The second-order valence-corrected chi connectivity index (χ2v) is 6.14. The summed E-state index contributed by atoms with van der Waals surface area (Å²) in [5, 5.41) is 1.30. The highest BCUT2D eigenvalue weighted by molar-refractivity contribution is 6.30. The average molecular weight is 356 g/mol. The largest absolute Gasteiger partial charge is 0.496 e. The highest BCUT2D eigenvalue weighted by Gasteiger charge is 2.12. The molecule has 2 aromatic carbocycles. The fourth-order valence-electron chi connectivity index (χ4n) is 2.65. The number of methoxy groups -OCH3 is 1. The summed E-state index contributed by atoms with van der Waals surface area (Å²) in [6.07, 6.45) is 0.142. The molecule has 25 heavy (non-hydrogen) atoms. The standard InChI is InChI=1S/C20H18ClNO3/c1-13-7-8-18(24-2)15(9-13)11-19(23)25-12-16-10-14-5-3-4-6-17(14)22-20(16)21/h3-10H,11-12H2,1-2H3. The fourth-order valence-corrected chi connectivity index (χ4v) is 2.85. The van der Waals surface area contributed by atoms with Crippen molar-refractivity contribution in [3.63, 3.8) is 0 Å². The van der Waals surface area contributed by atoms with Crippen LogP contribution < -0.4 is 4.74 Å². The molecule has 0 atom stereocenters. The first-order valence-electron chi connectivity index (χ1n) is 7.90. The van der Waals surface area contributed by atoms with E-state index in [0.29, 0.717) is 16.5 Å². The Kier molecular flexibility index (Phi) is 5.19. The van der Waals surface area contributed by atoms with Crippen LogP contribution in [-0.4, -0.2) is 18.1 Å². The normalized spacial score (nSPS) is 10.7. The third kappa shape index (κ3) is 4.09. The Morgan fingerprint density at radius 3 is 2.72 bits per heavy atom. The van der Waals surface area contributed by atoms with Crippen molar-refractivity contribution in [2.45, 2.75) is 20.0 Å². The van der Waals surface area contributed by atoms with Gasteiger partial charge >= 0.3 is 5.97 Å². The molecule has 0 N–H and O–H groups in total. The van der Waals surface area contributed by atoms with Gasteiger partial charge in [-0.25, -0.2) is 4.98 Å². The number of hydrogen-bond acceptors (Lipinski definition) is 4. The highest BCUT2D eigenvalue weighted by atomic mass is 35.5. The predicted molar refractivity (Wildman–Crippen MR) is 98.0 cm³/mol. The zero-order valence-corrected chi connectivity index (χ0v) is 14.8. The van der Waals surface area contributed by atoms with E-state index in [0.717, 1.165) is 22.0 Å². The summed E-state index contributed by atoms with van der Waals surface area (Å²) in [6.45, 7) is 2.05. The average Bonchev–Trinajstić information content (AvgIpc) is 2.60. The Morgan fingerprint density at radius 1 is 1.12 bits per heavy atom. The van der Waals surface area contributed by atoms with Gasteiger partial charge in [0.1, 0.15) is 17.5 Å². The van der Waals surface area contributed by atoms with Gasteiger partial charge in [0, 0.05) is 16.5 Å². The molecule has 4 nitrogen and oxygen atoms in total. The summed E-state index contributed by atoms with van der Waals surface area (Å²) in [4.78, 5) is 16.5. The monoisotopic (exact) mass is 355 g/mol. The lowest BCUT2D eigenvalue weighted by molar-refractivity contribution is -0.144. The van der Waals surface area contributed by atoms with Gasteiger partial charge in [-0.1, -0.05) is 47.5 Å². The molecule has 0 radical (unpaired) electrons. The first-order valence-corrected chi connectivity index (χ1v) is 8.28. The van der Waals surface area contributed by atoms with Crippen molar-refractivity contribution in [1.82, 2.24) is 4.98 Å². The summed E-state index contributed by atoms with van der Waals surface area (Å²) in [6, 6.07) is 15.3. The maximum atomic E-state index is 12.2. The van der Waals surface area contributed by atoms with E-state index in [1.54, 1.807) is 7.11 Å². The molecule has 1 aromatic heterocycles. The zero-order valence-electron chi connectivity index (χ0n) is 14.1. The lowest BCUT2D eigenvalue weighted by Crippen LogP contribution is -2.09. The van der Waals surface area contributed by atoms with Crippen molar-refractivity contribution in [2.24, 2.45) is 0 Å². The van der Waals surface area contributed by atoms with E-state index >= 15 is 0 Å². The molecule has 0 spiro atoms. The number of esters is 1. The number of aromatic nitrogens is 1.